The lowest BCUT2D eigenvalue weighted by molar-refractivity contribution is -0.918. The third kappa shape index (κ3) is 5.16. The molecule has 1 heterocycles. The molecule has 1 aliphatic heterocycles. The minimum Gasteiger partial charge on any atom is -0.497 e. The van der Waals surface area contributed by atoms with Gasteiger partial charge >= 0.3 is 0 Å². The molecule has 0 aromatic heterocycles. The molecule has 1 aliphatic rings. The maximum absolute atomic E-state index is 6.40. The molecule has 0 unspecified atom stereocenters. The van der Waals surface area contributed by atoms with E-state index in [4.69, 9.17) is 28.6 Å². The number of anilines is 1. The lowest BCUT2D eigenvalue weighted by Crippen LogP contribution is -3.11. The Morgan fingerprint density at radius 3 is 2.46 bits per heavy atom. The van der Waals surface area contributed by atoms with Crippen molar-refractivity contribution in [2.24, 2.45) is 0 Å². The monoisotopic (exact) mass is 418 g/mol. The number of methoxy groups -OCH3 is 1. The highest BCUT2D eigenvalue weighted by Gasteiger charge is 2.27. The fraction of sp³-hybridized carbons (Fsp3) is 0.409. The van der Waals surface area contributed by atoms with E-state index in [1.54, 1.807) is 12.0 Å². The van der Waals surface area contributed by atoms with E-state index in [0.29, 0.717) is 16.2 Å². The van der Waals surface area contributed by atoms with Gasteiger partial charge in [-0.1, -0.05) is 17.7 Å². The van der Waals surface area contributed by atoms with Gasteiger partial charge in [-0.3, -0.25) is 0 Å². The highest BCUT2D eigenvalue weighted by molar-refractivity contribution is 7.80. The van der Waals surface area contributed by atoms with Gasteiger partial charge in [0.25, 0.3) is 0 Å². The number of hydrogen-bond acceptors (Lipinski definition) is 2. The topological polar surface area (TPSA) is 37.7 Å². The number of benzene rings is 2. The molecule has 4 nitrogen and oxygen atoms in total. The molecule has 1 atom stereocenters. The van der Waals surface area contributed by atoms with E-state index in [0.717, 1.165) is 29.1 Å². The molecule has 0 aliphatic carbocycles. The summed E-state index contributed by atoms with van der Waals surface area (Å²) >= 11 is 12.0. The molecule has 2 aromatic carbocycles. The van der Waals surface area contributed by atoms with E-state index in [2.05, 4.69) is 28.8 Å². The molecular formula is C22H29ClN3OS+. The zero-order chi connectivity index (χ0) is 20.1. The molecule has 6 heteroatoms. The Labute approximate surface area is 178 Å². The average molecular weight is 419 g/mol. The molecule has 150 valence electrons. The minimum atomic E-state index is 0.350. The number of likely N-dealkylation sites (tertiary alicyclic amines) is 1. The van der Waals surface area contributed by atoms with Crippen LogP contribution in [0.5, 0.6) is 5.75 Å². The number of rotatable bonds is 6. The van der Waals surface area contributed by atoms with Gasteiger partial charge in [0.1, 0.15) is 11.8 Å². The van der Waals surface area contributed by atoms with E-state index < -0.39 is 0 Å². The first-order valence-corrected chi connectivity index (χ1v) is 10.6. The van der Waals surface area contributed by atoms with Gasteiger partial charge < -0.3 is 20.3 Å². The summed E-state index contributed by atoms with van der Waals surface area (Å²) in [4.78, 5) is 1.60. The van der Waals surface area contributed by atoms with Crippen molar-refractivity contribution in [3.63, 3.8) is 0 Å². The van der Waals surface area contributed by atoms with Crippen LogP contribution in [-0.2, 0) is 0 Å². The Bertz CT molecular complexity index is 796. The summed E-state index contributed by atoms with van der Waals surface area (Å²) in [5.74, 6) is 0.883. The van der Waals surface area contributed by atoms with Gasteiger partial charge in [-0.25, -0.2) is 0 Å². The van der Waals surface area contributed by atoms with Crippen LogP contribution in [0.4, 0.5) is 5.69 Å². The first kappa shape index (κ1) is 20.9. The molecule has 0 amide bonds. The van der Waals surface area contributed by atoms with E-state index in [9.17, 15) is 0 Å². The zero-order valence-corrected chi connectivity index (χ0v) is 18.3. The van der Waals surface area contributed by atoms with Gasteiger partial charge in [-0.05, 0) is 67.5 Å². The second kappa shape index (κ2) is 9.59. The highest BCUT2D eigenvalue weighted by atomic mass is 35.5. The molecule has 0 radical (unpaired) electrons. The van der Waals surface area contributed by atoms with Gasteiger partial charge in [0.05, 0.1) is 37.5 Å². The molecule has 1 fully saturated rings. The number of quaternary nitrogens is 1. The first-order valence-electron chi connectivity index (χ1n) is 9.78. The van der Waals surface area contributed by atoms with Crippen molar-refractivity contribution < 1.29 is 9.64 Å². The van der Waals surface area contributed by atoms with Crippen LogP contribution in [0.3, 0.4) is 0 Å². The third-order valence-corrected chi connectivity index (χ3v) is 5.94. The van der Waals surface area contributed by atoms with E-state index in [-0.39, 0.29) is 0 Å². The molecule has 3 N–H and O–H groups in total. The van der Waals surface area contributed by atoms with Crippen LogP contribution >= 0.6 is 23.8 Å². The SMILES string of the molecule is COc1ccc([C@@H](CNC(=S)Nc2c(C)cc(C)cc2Cl)[NH+]2CCCC2)cc1. The fourth-order valence-electron chi connectivity index (χ4n) is 3.94. The van der Waals surface area contributed by atoms with Crippen molar-refractivity contribution in [3.05, 3.63) is 58.1 Å². The summed E-state index contributed by atoms with van der Waals surface area (Å²) in [5.41, 5.74) is 4.41. The van der Waals surface area contributed by atoms with Crippen LogP contribution in [0.2, 0.25) is 5.02 Å². The maximum atomic E-state index is 6.40. The Hall–Kier alpha value is -1.82. The van der Waals surface area contributed by atoms with Crippen molar-refractivity contribution in [1.82, 2.24) is 5.32 Å². The Morgan fingerprint density at radius 2 is 1.86 bits per heavy atom. The van der Waals surface area contributed by atoms with Crippen LogP contribution in [0, 0.1) is 13.8 Å². The molecule has 0 saturated carbocycles. The molecule has 0 bridgehead atoms. The van der Waals surface area contributed by atoms with E-state index in [1.807, 2.05) is 32.0 Å². The summed E-state index contributed by atoms with van der Waals surface area (Å²) in [6.45, 7) is 7.24. The molecule has 0 spiro atoms. The summed E-state index contributed by atoms with van der Waals surface area (Å²) in [6.07, 6.45) is 2.56. The Kier molecular flexibility index (Phi) is 7.16. The van der Waals surface area contributed by atoms with Crippen molar-refractivity contribution in [3.8, 4) is 5.75 Å². The third-order valence-electron chi connectivity index (χ3n) is 5.39. The molecular weight excluding hydrogens is 390 g/mol. The summed E-state index contributed by atoms with van der Waals surface area (Å²) in [7, 11) is 1.70. The van der Waals surface area contributed by atoms with Gasteiger partial charge in [0.2, 0.25) is 0 Å². The maximum Gasteiger partial charge on any atom is 0.171 e. The zero-order valence-electron chi connectivity index (χ0n) is 16.8. The fourth-order valence-corrected chi connectivity index (χ4v) is 4.49. The van der Waals surface area contributed by atoms with Gasteiger partial charge in [-0.15, -0.1) is 0 Å². The number of aryl methyl sites for hydroxylation is 2. The normalized spacial score (nSPS) is 15.3. The second-order valence-corrected chi connectivity index (χ2v) is 8.28. The lowest BCUT2D eigenvalue weighted by atomic mass is 10.1. The number of thiocarbonyl (C=S) groups is 1. The standard InChI is InChI=1S/C22H28ClN3OS/c1-15-12-16(2)21(19(23)13-15)25-22(28)24-14-20(26-10-4-5-11-26)17-6-8-18(27-3)9-7-17/h6-9,12-13,20H,4-5,10-11,14H2,1-3H3,(H2,24,25,28)/p+1/t20-/m1/s1. The molecule has 3 rings (SSSR count). The van der Waals surface area contributed by atoms with Gasteiger partial charge in [0, 0.05) is 18.4 Å². The predicted molar refractivity (Wildman–Crippen MR) is 121 cm³/mol. The molecule has 2 aromatic rings. The average Bonchev–Trinajstić information content (AvgIpc) is 3.20. The molecule has 28 heavy (non-hydrogen) atoms. The van der Waals surface area contributed by atoms with Gasteiger partial charge in [-0.2, -0.15) is 0 Å². The van der Waals surface area contributed by atoms with Crippen molar-refractivity contribution >= 4 is 34.6 Å². The van der Waals surface area contributed by atoms with Crippen LogP contribution in [0.1, 0.15) is 35.6 Å². The summed E-state index contributed by atoms with van der Waals surface area (Å²) in [6, 6.07) is 12.8. The highest BCUT2D eigenvalue weighted by Crippen LogP contribution is 2.27. The second-order valence-electron chi connectivity index (χ2n) is 7.46. The predicted octanol–water partition coefficient (Wildman–Crippen LogP) is 3.67. The van der Waals surface area contributed by atoms with Crippen LogP contribution in [0.25, 0.3) is 0 Å². The largest absolute Gasteiger partial charge is 0.497 e. The van der Waals surface area contributed by atoms with Crippen LogP contribution in [0.15, 0.2) is 36.4 Å². The lowest BCUT2D eigenvalue weighted by Gasteiger charge is -2.26. The summed E-state index contributed by atoms with van der Waals surface area (Å²) < 4.78 is 5.30. The van der Waals surface area contributed by atoms with Crippen molar-refractivity contribution in [1.29, 1.82) is 0 Å². The van der Waals surface area contributed by atoms with Crippen molar-refractivity contribution in [2.45, 2.75) is 32.7 Å². The Balaban J connectivity index is 1.68. The smallest absolute Gasteiger partial charge is 0.171 e. The van der Waals surface area contributed by atoms with Gasteiger partial charge in [0.15, 0.2) is 5.11 Å². The number of ether oxygens (including phenoxy) is 1. The van der Waals surface area contributed by atoms with E-state index in [1.165, 1.54) is 31.5 Å². The first-order chi connectivity index (χ1) is 13.5. The number of nitrogens with one attached hydrogen (secondary N) is 3. The number of halogens is 1. The van der Waals surface area contributed by atoms with Crippen molar-refractivity contribution in [2.75, 3.05) is 32.1 Å². The number of hydrogen-bond donors (Lipinski definition) is 3. The Morgan fingerprint density at radius 1 is 1.18 bits per heavy atom. The summed E-state index contributed by atoms with van der Waals surface area (Å²) in [5, 5.41) is 7.99. The quantitative estimate of drug-likeness (QED) is 0.626. The molecule has 1 saturated heterocycles. The minimum absolute atomic E-state index is 0.350. The van der Waals surface area contributed by atoms with Crippen LogP contribution < -0.4 is 20.3 Å². The van der Waals surface area contributed by atoms with Crippen LogP contribution in [-0.4, -0.2) is 31.9 Å². The van der Waals surface area contributed by atoms with E-state index >= 15 is 0 Å².